The maximum atomic E-state index is 12.6. The molecule has 0 radical (unpaired) electrons. The van der Waals surface area contributed by atoms with Crippen molar-refractivity contribution < 1.29 is 18.0 Å². The van der Waals surface area contributed by atoms with Gasteiger partial charge < -0.3 is 5.32 Å². The van der Waals surface area contributed by atoms with E-state index in [-0.39, 0.29) is 24.4 Å². The fourth-order valence-corrected chi connectivity index (χ4v) is 2.56. The molecule has 1 N–H and O–H groups in total. The van der Waals surface area contributed by atoms with Gasteiger partial charge in [0.2, 0.25) is 5.91 Å². The summed E-state index contributed by atoms with van der Waals surface area (Å²) < 4.78 is 38.7. The molecule has 0 aliphatic carbocycles. The molecular formula is C18H22F3N3O. The first-order valence-corrected chi connectivity index (χ1v) is 8.19. The van der Waals surface area contributed by atoms with Crippen molar-refractivity contribution in [1.29, 1.82) is 0 Å². The van der Waals surface area contributed by atoms with E-state index >= 15 is 0 Å². The van der Waals surface area contributed by atoms with Crippen LogP contribution in [0.15, 0.2) is 36.5 Å². The average molecular weight is 353 g/mol. The fourth-order valence-electron chi connectivity index (χ4n) is 2.56. The summed E-state index contributed by atoms with van der Waals surface area (Å²) in [7, 11) is 0. The quantitative estimate of drug-likeness (QED) is 0.854. The molecule has 4 nitrogen and oxygen atoms in total. The van der Waals surface area contributed by atoms with E-state index in [9.17, 15) is 18.0 Å². The molecule has 1 atom stereocenters. The second-order valence-electron chi connectivity index (χ2n) is 6.28. The molecule has 0 aliphatic heterocycles. The molecule has 0 fully saturated rings. The van der Waals surface area contributed by atoms with Gasteiger partial charge in [0.05, 0.1) is 6.04 Å². The molecule has 7 heteroatoms. The Kier molecular flexibility index (Phi) is 5.87. The van der Waals surface area contributed by atoms with Gasteiger partial charge in [0, 0.05) is 6.20 Å². The SMILES string of the molecule is CCc1ccc(C(NC(=O)Cn2ccc(C(F)(F)F)n2)C(C)C)cc1. The lowest BCUT2D eigenvalue weighted by molar-refractivity contribution is -0.141. The highest BCUT2D eigenvalue weighted by molar-refractivity contribution is 5.76. The van der Waals surface area contributed by atoms with Crippen molar-refractivity contribution in [3.05, 3.63) is 53.3 Å². The molecule has 1 unspecified atom stereocenters. The fraction of sp³-hybridized carbons (Fsp3) is 0.444. The molecule has 0 saturated heterocycles. The number of amides is 1. The minimum absolute atomic E-state index is 0.139. The monoisotopic (exact) mass is 353 g/mol. The molecule has 1 amide bonds. The van der Waals surface area contributed by atoms with Gasteiger partial charge in [-0.15, -0.1) is 0 Å². The third kappa shape index (κ3) is 5.08. The van der Waals surface area contributed by atoms with Gasteiger partial charge in [-0.2, -0.15) is 18.3 Å². The van der Waals surface area contributed by atoms with Gasteiger partial charge in [0.25, 0.3) is 0 Å². The summed E-state index contributed by atoms with van der Waals surface area (Å²) in [5.74, 6) is -0.241. The first-order valence-electron chi connectivity index (χ1n) is 8.19. The molecule has 1 heterocycles. The lowest BCUT2D eigenvalue weighted by atomic mass is 9.95. The van der Waals surface area contributed by atoms with Gasteiger partial charge in [-0.05, 0) is 29.5 Å². The lowest BCUT2D eigenvalue weighted by Crippen LogP contribution is -2.34. The maximum Gasteiger partial charge on any atom is 0.435 e. The molecule has 25 heavy (non-hydrogen) atoms. The predicted octanol–water partition coefficient (Wildman–Crippen LogP) is 3.98. The van der Waals surface area contributed by atoms with Crippen molar-refractivity contribution in [1.82, 2.24) is 15.1 Å². The first-order chi connectivity index (χ1) is 11.7. The number of hydrogen-bond donors (Lipinski definition) is 1. The smallest absolute Gasteiger partial charge is 0.347 e. The standard InChI is InChI=1S/C18H22F3N3O/c1-4-13-5-7-14(8-6-13)17(12(2)3)22-16(25)11-24-10-9-15(23-24)18(19,20)21/h5-10,12,17H,4,11H2,1-3H3,(H,22,25). The Labute approximate surface area is 145 Å². The van der Waals surface area contributed by atoms with Gasteiger partial charge in [0.15, 0.2) is 5.69 Å². The number of carbonyl (C=O) groups excluding carboxylic acids is 1. The van der Waals surface area contributed by atoms with Crippen LogP contribution in [0.3, 0.4) is 0 Å². The molecular weight excluding hydrogens is 331 g/mol. The van der Waals surface area contributed by atoms with Gasteiger partial charge in [-0.3, -0.25) is 9.48 Å². The van der Waals surface area contributed by atoms with Crippen molar-refractivity contribution in [3.8, 4) is 0 Å². The van der Waals surface area contributed by atoms with Crippen LogP contribution in [0.4, 0.5) is 13.2 Å². The molecule has 2 aromatic rings. The lowest BCUT2D eigenvalue weighted by Gasteiger charge is -2.23. The zero-order valence-electron chi connectivity index (χ0n) is 14.5. The zero-order valence-corrected chi connectivity index (χ0v) is 14.5. The van der Waals surface area contributed by atoms with Gasteiger partial charge >= 0.3 is 6.18 Å². The summed E-state index contributed by atoms with van der Waals surface area (Å²) in [6.45, 7) is 5.77. The van der Waals surface area contributed by atoms with E-state index in [0.717, 1.165) is 28.9 Å². The molecule has 0 aliphatic rings. The van der Waals surface area contributed by atoms with Crippen molar-refractivity contribution in [2.45, 2.75) is 46.0 Å². The van der Waals surface area contributed by atoms with Crippen molar-refractivity contribution in [2.75, 3.05) is 0 Å². The van der Waals surface area contributed by atoms with Gasteiger partial charge in [-0.25, -0.2) is 0 Å². The molecule has 2 rings (SSSR count). The number of hydrogen-bond acceptors (Lipinski definition) is 2. The number of carbonyl (C=O) groups is 1. The largest absolute Gasteiger partial charge is 0.435 e. The van der Waals surface area contributed by atoms with E-state index in [0.29, 0.717) is 0 Å². The number of aryl methyl sites for hydroxylation is 1. The van der Waals surface area contributed by atoms with Crippen LogP contribution in [0.25, 0.3) is 0 Å². The van der Waals surface area contributed by atoms with E-state index < -0.39 is 11.9 Å². The van der Waals surface area contributed by atoms with Crippen LogP contribution in [0.5, 0.6) is 0 Å². The zero-order chi connectivity index (χ0) is 18.6. The Balaban J connectivity index is 2.06. The number of alkyl halides is 3. The number of aromatic nitrogens is 2. The van der Waals surface area contributed by atoms with Gasteiger partial charge in [0.1, 0.15) is 6.54 Å². The molecule has 0 bridgehead atoms. The predicted molar refractivity (Wildman–Crippen MR) is 88.8 cm³/mol. The summed E-state index contributed by atoms with van der Waals surface area (Å²) in [6.07, 6.45) is -2.42. The number of nitrogens with one attached hydrogen (secondary N) is 1. The molecule has 0 saturated carbocycles. The second-order valence-corrected chi connectivity index (χ2v) is 6.28. The summed E-state index contributed by atoms with van der Waals surface area (Å²) >= 11 is 0. The minimum atomic E-state index is -4.51. The Bertz CT molecular complexity index is 705. The molecule has 0 spiro atoms. The van der Waals surface area contributed by atoms with Crippen LogP contribution in [0.2, 0.25) is 0 Å². The van der Waals surface area contributed by atoms with Crippen LogP contribution in [0.1, 0.15) is 43.6 Å². The molecule has 1 aromatic carbocycles. The van der Waals surface area contributed by atoms with Crippen molar-refractivity contribution in [2.24, 2.45) is 5.92 Å². The van der Waals surface area contributed by atoms with Gasteiger partial charge in [-0.1, -0.05) is 45.0 Å². The van der Waals surface area contributed by atoms with Crippen LogP contribution in [0, 0.1) is 5.92 Å². The van der Waals surface area contributed by atoms with Crippen LogP contribution in [-0.2, 0) is 23.9 Å². The third-order valence-corrected chi connectivity index (χ3v) is 3.97. The Morgan fingerprint density at radius 3 is 2.32 bits per heavy atom. The van der Waals surface area contributed by atoms with Crippen LogP contribution < -0.4 is 5.32 Å². The maximum absolute atomic E-state index is 12.6. The Morgan fingerprint density at radius 1 is 1.20 bits per heavy atom. The average Bonchev–Trinajstić information content (AvgIpc) is 3.01. The summed E-state index contributed by atoms with van der Waals surface area (Å²) in [6, 6.07) is 8.62. The highest BCUT2D eigenvalue weighted by Crippen LogP contribution is 2.27. The Hall–Kier alpha value is -2.31. The van der Waals surface area contributed by atoms with Crippen LogP contribution >= 0.6 is 0 Å². The van der Waals surface area contributed by atoms with E-state index in [1.807, 2.05) is 38.1 Å². The summed E-state index contributed by atoms with van der Waals surface area (Å²) in [5.41, 5.74) is 1.17. The number of rotatable bonds is 6. The van der Waals surface area contributed by atoms with E-state index in [4.69, 9.17) is 0 Å². The first kappa shape index (κ1) is 19.0. The van der Waals surface area contributed by atoms with Crippen molar-refractivity contribution >= 4 is 5.91 Å². The number of halogens is 3. The second kappa shape index (κ2) is 7.72. The summed E-state index contributed by atoms with van der Waals surface area (Å²) in [4.78, 5) is 12.2. The Morgan fingerprint density at radius 2 is 1.84 bits per heavy atom. The van der Waals surface area contributed by atoms with E-state index in [1.54, 1.807) is 0 Å². The molecule has 136 valence electrons. The van der Waals surface area contributed by atoms with Crippen LogP contribution in [-0.4, -0.2) is 15.7 Å². The summed E-state index contributed by atoms with van der Waals surface area (Å²) in [5, 5.41) is 6.29. The normalized spacial score (nSPS) is 13.1. The number of nitrogens with zero attached hydrogens (tertiary/aromatic N) is 2. The third-order valence-electron chi connectivity index (χ3n) is 3.97. The number of benzene rings is 1. The van der Waals surface area contributed by atoms with E-state index in [2.05, 4.69) is 17.3 Å². The topological polar surface area (TPSA) is 46.9 Å². The highest BCUT2D eigenvalue weighted by atomic mass is 19.4. The minimum Gasteiger partial charge on any atom is -0.347 e. The van der Waals surface area contributed by atoms with Crippen molar-refractivity contribution in [3.63, 3.8) is 0 Å². The molecule has 1 aromatic heterocycles. The van der Waals surface area contributed by atoms with E-state index in [1.165, 1.54) is 5.56 Å². The highest BCUT2D eigenvalue weighted by Gasteiger charge is 2.33.